The second kappa shape index (κ2) is 6.23. The zero-order chi connectivity index (χ0) is 12.0. The lowest BCUT2D eigenvalue weighted by atomic mass is 10.2. The molecule has 0 heterocycles. The molecule has 0 aliphatic heterocycles. The number of likely N-dealkylation sites (N-methyl/N-ethyl adjacent to an activating group) is 1. The van der Waals surface area contributed by atoms with Crippen LogP contribution >= 0.6 is 12.2 Å². The molecule has 0 unspecified atom stereocenters. The number of esters is 1. The van der Waals surface area contributed by atoms with Gasteiger partial charge in [0.2, 0.25) is 0 Å². The maximum absolute atomic E-state index is 11.4. The van der Waals surface area contributed by atoms with Crippen molar-refractivity contribution in [2.45, 2.75) is 13.5 Å². The van der Waals surface area contributed by atoms with Crippen molar-refractivity contribution in [3.05, 3.63) is 35.9 Å². The van der Waals surface area contributed by atoms with Crippen molar-refractivity contribution in [1.82, 2.24) is 4.90 Å². The van der Waals surface area contributed by atoms with Gasteiger partial charge in [-0.15, -0.1) is 0 Å². The Morgan fingerprint density at radius 3 is 2.56 bits per heavy atom. The van der Waals surface area contributed by atoms with Crippen LogP contribution in [0.25, 0.3) is 0 Å². The minimum absolute atomic E-state index is 0.214. The van der Waals surface area contributed by atoms with E-state index in [2.05, 4.69) is 0 Å². The van der Waals surface area contributed by atoms with Crippen molar-refractivity contribution in [2.24, 2.45) is 0 Å². The predicted molar refractivity (Wildman–Crippen MR) is 67.1 cm³/mol. The molecule has 1 rings (SSSR count). The number of hydrogen-bond acceptors (Lipinski definition) is 3. The van der Waals surface area contributed by atoms with Gasteiger partial charge in [-0.05, 0) is 12.5 Å². The summed E-state index contributed by atoms with van der Waals surface area (Å²) < 4.78 is 4.84. The van der Waals surface area contributed by atoms with Crippen LogP contribution in [0.4, 0.5) is 0 Å². The van der Waals surface area contributed by atoms with Crippen LogP contribution < -0.4 is 0 Å². The summed E-state index contributed by atoms with van der Waals surface area (Å²) in [6, 6.07) is 9.84. The largest absolute Gasteiger partial charge is 0.461 e. The van der Waals surface area contributed by atoms with E-state index in [-0.39, 0.29) is 4.99 Å². The minimum Gasteiger partial charge on any atom is -0.461 e. The SMILES string of the molecule is CCOC(=O)C(=S)N(C)Cc1ccccc1. The lowest BCUT2D eigenvalue weighted by Gasteiger charge is -2.18. The fraction of sp³-hybridized carbons (Fsp3) is 0.333. The molecule has 0 aliphatic rings. The van der Waals surface area contributed by atoms with Crippen LogP contribution in [0.2, 0.25) is 0 Å². The highest BCUT2D eigenvalue weighted by Crippen LogP contribution is 2.04. The predicted octanol–water partition coefficient (Wildman–Crippen LogP) is 2.01. The quantitative estimate of drug-likeness (QED) is 0.594. The van der Waals surface area contributed by atoms with Crippen molar-refractivity contribution in [3.8, 4) is 0 Å². The molecular formula is C12H15NO2S. The van der Waals surface area contributed by atoms with E-state index in [0.29, 0.717) is 13.2 Å². The molecule has 1 aromatic carbocycles. The third-order valence-electron chi connectivity index (χ3n) is 2.06. The van der Waals surface area contributed by atoms with Gasteiger partial charge in [0.1, 0.15) is 0 Å². The van der Waals surface area contributed by atoms with Gasteiger partial charge in [-0.1, -0.05) is 42.5 Å². The molecule has 0 aromatic heterocycles. The molecule has 0 spiro atoms. The minimum atomic E-state index is -0.434. The van der Waals surface area contributed by atoms with Crippen molar-refractivity contribution in [3.63, 3.8) is 0 Å². The summed E-state index contributed by atoms with van der Waals surface area (Å²) >= 11 is 5.02. The van der Waals surface area contributed by atoms with Gasteiger partial charge in [-0.3, -0.25) is 0 Å². The average Bonchev–Trinajstić information content (AvgIpc) is 2.29. The number of thiocarbonyl (C=S) groups is 1. The molecule has 0 radical (unpaired) electrons. The zero-order valence-electron chi connectivity index (χ0n) is 9.47. The van der Waals surface area contributed by atoms with E-state index in [1.54, 1.807) is 18.9 Å². The molecule has 86 valence electrons. The number of benzene rings is 1. The first-order valence-electron chi connectivity index (χ1n) is 5.11. The van der Waals surface area contributed by atoms with Crippen LogP contribution in [-0.4, -0.2) is 29.5 Å². The van der Waals surface area contributed by atoms with Gasteiger partial charge in [0.05, 0.1) is 6.61 Å². The summed E-state index contributed by atoms with van der Waals surface area (Å²) in [6.45, 7) is 2.72. The first-order chi connectivity index (χ1) is 7.65. The summed E-state index contributed by atoms with van der Waals surface area (Å²) in [7, 11) is 1.78. The number of carbonyl (C=O) groups excluding carboxylic acids is 1. The second-order valence-electron chi connectivity index (χ2n) is 3.37. The van der Waals surface area contributed by atoms with Crippen LogP contribution in [-0.2, 0) is 16.1 Å². The van der Waals surface area contributed by atoms with E-state index in [0.717, 1.165) is 5.56 Å². The molecule has 16 heavy (non-hydrogen) atoms. The monoisotopic (exact) mass is 237 g/mol. The first-order valence-corrected chi connectivity index (χ1v) is 5.52. The van der Waals surface area contributed by atoms with Gasteiger partial charge in [0.15, 0.2) is 4.99 Å². The van der Waals surface area contributed by atoms with Crippen LogP contribution in [0.15, 0.2) is 30.3 Å². The Morgan fingerprint density at radius 1 is 1.38 bits per heavy atom. The number of hydrogen-bond donors (Lipinski definition) is 0. The van der Waals surface area contributed by atoms with Crippen molar-refractivity contribution in [2.75, 3.05) is 13.7 Å². The van der Waals surface area contributed by atoms with Gasteiger partial charge < -0.3 is 9.64 Å². The molecule has 0 bridgehead atoms. The summed E-state index contributed by atoms with van der Waals surface area (Å²) in [6.07, 6.45) is 0. The highest BCUT2D eigenvalue weighted by Gasteiger charge is 2.14. The van der Waals surface area contributed by atoms with Gasteiger partial charge in [0.25, 0.3) is 0 Å². The fourth-order valence-corrected chi connectivity index (χ4v) is 1.40. The molecular weight excluding hydrogens is 222 g/mol. The normalized spacial score (nSPS) is 9.62. The average molecular weight is 237 g/mol. The van der Waals surface area contributed by atoms with E-state index in [1.165, 1.54) is 0 Å². The Labute approximate surface area is 101 Å². The van der Waals surface area contributed by atoms with Gasteiger partial charge in [-0.2, -0.15) is 0 Å². The fourth-order valence-electron chi connectivity index (χ4n) is 1.28. The van der Waals surface area contributed by atoms with Crippen LogP contribution in [0.5, 0.6) is 0 Å². The Hall–Kier alpha value is -1.42. The molecule has 4 heteroatoms. The number of carbonyl (C=O) groups is 1. The van der Waals surface area contributed by atoms with Crippen molar-refractivity contribution >= 4 is 23.2 Å². The number of ether oxygens (including phenoxy) is 1. The molecule has 0 saturated heterocycles. The van der Waals surface area contributed by atoms with Gasteiger partial charge in [0, 0.05) is 13.6 Å². The maximum atomic E-state index is 11.4. The van der Waals surface area contributed by atoms with Crippen LogP contribution in [0.1, 0.15) is 12.5 Å². The van der Waals surface area contributed by atoms with E-state index < -0.39 is 5.97 Å². The van der Waals surface area contributed by atoms with Crippen molar-refractivity contribution in [1.29, 1.82) is 0 Å². The van der Waals surface area contributed by atoms with Crippen LogP contribution in [0.3, 0.4) is 0 Å². The zero-order valence-corrected chi connectivity index (χ0v) is 10.3. The van der Waals surface area contributed by atoms with Crippen molar-refractivity contribution < 1.29 is 9.53 Å². The summed E-state index contributed by atoms with van der Waals surface area (Å²) in [5.41, 5.74) is 1.11. The smallest absolute Gasteiger partial charge is 0.366 e. The maximum Gasteiger partial charge on any atom is 0.366 e. The van der Waals surface area contributed by atoms with E-state index in [9.17, 15) is 4.79 Å². The second-order valence-corrected chi connectivity index (χ2v) is 3.75. The molecule has 0 atom stereocenters. The Bertz CT molecular complexity index is 365. The van der Waals surface area contributed by atoms with Gasteiger partial charge >= 0.3 is 5.97 Å². The Balaban J connectivity index is 2.55. The Kier molecular flexibility index (Phi) is 4.92. The molecule has 3 nitrogen and oxygen atoms in total. The first kappa shape index (κ1) is 12.6. The third-order valence-corrected chi connectivity index (χ3v) is 2.54. The summed E-state index contributed by atoms with van der Waals surface area (Å²) in [4.78, 5) is 13.3. The standard InChI is InChI=1S/C12H15NO2S/c1-3-15-12(14)11(16)13(2)9-10-7-5-4-6-8-10/h4-8H,3,9H2,1-2H3. The molecule has 0 fully saturated rings. The van der Waals surface area contributed by atoms with E-state index in [4.69, 9.17) is 17.0 Å². The van der Waals surface area contributed by atoms with Gasteiger partial charge in [-0.25, -0.2) is 4.79 Å². The molecule has 0 N–H and O–H groups in total. The number of rotatable bonds is 3. The van der Waals surface area contributed by atoms with Crippen LogP contribution in [0, 0.1) is 0 Å². The lowest BCUT2D eigenvalue weighted by molar-refractivity contribution is -0.135. The summed E-state index contributed by atoms with van der Waals surface area (Å²) in [5, 5.41) is 0. The highest BCUT2D eigenvalue weighted by atomic mass is 32.1. The molecule has 0 amide bonds. The van der Waals surface area contributed by atoms with E-state index >= 15 is 0 Å². The highest BCUT2D eigenvalue weighted by molar-refractivity contribution is 7.81. The molecule has 1 aromatic rings. The topological polar surface area (TPSA) is 29.5 Å². The molecule has 0 saturated carbocycles. The molecule has 0 aliphatic carbocycles. The third kappa shape index (κ3) is 3.62. The lowest BCUT2D eigenvalue weighted by Crippen LogP contribution is -2.32. The summed E-state index contributed by atoms with van der Waals surface area (Å²) in [5.74, 6) is -0.434. The number of nitrogens with zero attached hydrogens (tertiary/aromatic N) is 1. The Morgan fingerprint density at radius 2 is 2.00 bits per heavy atom. The van der Waals surface area contributed by atoms with E-state index in [1.807, 2.05) is 30.3 Å².